The molecule has 1 unspecified atom stereocenters. The predicted molar refractivity (Wildman–Crippen MR) is 42.4 cm³/mol. The average molecular weight is 193 g/mol. The number of alkyl halides is 2. The van der Waals surface area contributed by atoms with E-state index in [0.717, 1.165) is 6.92 Å². The first-order valence-electron chi connectivity index (χ1n) is 4.22. The highest BCUT2D eigenvalue weighted by Gasteiger charge is 2.31. The minimum Gasteiger partial charge on any atom is -0.391 e. The standard InChI is InChI=1S/C8H13F2NO2/c1-8(9,10)4-7(13)11-3-2-6(12)5-11/h6,12H,2-5H2,1H3. The van der Waals surface area contributed by atoms with E-state index < -0.39 is 24.4 Å². The van der Waals surface area contributed by atoms with E-state index >= 15 is 0 Å². The van der Waals surface area contributed by atoms with E-state index in [2.05, 4.69) is 0 Å². The van der Waals surface area contributed by atoms with Crippen LogP contribution in [0.1, 0.15) is 19.8 Å². The maximum absolute atomic E-state index is 12.4. The first-order chi connectivity index (χ1) is 5.88. The van der Waals surface area contributed by atoms with Gasteiger partial charge in [-0.05, 0) is 13.3 Å². The lowest BCUT2D eigenvalue weighted by Crippen LogP contribution is -2.33. The summed E-state index contributed by atoms with van der Waals surface area (Å²) in [5, 5.41) is 9.07. The third-order valence-electron chi connectivity index (χ3n) is 1.98. The summed E-state index contributed by atoms with van der Waals surface area (Å²) in [6.07, 6.45) is -0.824. The number of halogens is 2. The van der Waals surface area contributed by atoms with E-state index in [4.69, 9.17) is 5.11 Å². The van der Waals surface area contributed by atoms with Crippen LogP contribution in [-0.2, 0) is 4.79 Å². The van der Waals surface area contributed by atoms with Crippen LogP contribution in [-0.4, -0.2) is 41.0 Å². The van der Waals surface area contributed by atoms with E-state index in [-0.39, 0.29) is 6.54 Å². The van der Waals surface area contributed by atoms with E-state index in [1.165, 1.54) is 4.90 Å². The van der Waals surface area contributed by atoms with Crippen LogP contribution in [0.25, 0.3) is 0 Å². The molecule has 1 heterocycles. The third kappa shape index (κ3) is 3.26. The Kier molecular flexibility index (Phi) is 2.85. The number of nitrogens with zero attached hydrogens (tertiary/aromatic N) is 1. The van der Waals surface area contributed by atoms with Gasteiger partial charge in [-0.3, -0.25) is 4.79 Å². The van der Waals surface area contributed by atoms with Crippen molar-refractivity contribution in [1.29, 1.82) is 0 Å². The summed E-state index contributed by atoms with van der Waals surface area (Å²) in [5.74, 6) is -3.53. The molecule has 0 aromatic carbocycles. The van der Waals surface area contributed by atoms with Crippen molar-refractivity contribution >= 4 is 5.91 Å². The molecule has 1 aliphatic heterocycles. The molecular weight excluding hydrogens is 180 g/mol. The Hall–Kier alpha value is -0.710. The summed E-state index contributed by atoms with van der Waals surface area (Å²) >= 11 is 0. The molecule has 1 rings (SSSR count). The average Bonchev–Trinajstić information content (AvgIpc) is 2.31. The summed E-state index contributed by atoms with van der Waals surface area (Å²) in [7, 11) is 0. The van der Waals surface area contributed by atoms with Crippen molar-refractivity contribution in [2.75, 3.05) is 13.1 Å². The zero-order valence-electron chi connectivity index (χ0n) is 7.46. The second kappa shape index (κ2) is 3.57. The number of likely N-dealkylation sites (tertiary alicyclic amines) is 1. The number of aliphatic hydroxyl groups is 1. The van der Waals surface area contributed by atoms with Crippen LogP contribution in [0.4, 0.5) is 8.78 Å². The molecule has 1 aliphatic rings. The Morgan fingerprint density at radius 1 is 1.69 bits per heavy atom. The number of β-amino-alcohol motifs (C(OH)–C–C–N with tert-alkyl or cyclic N) is 1. The van der Waals surface area contributed by atoms with Crippen molar-refractivity contribution in [1.82, 2.24) is 4.90 Å². The van der Waals surface area contributed by atoms with Crippen molar-refractivity contribution in [2.24, 2.45) is 0 Å². The molecule has 0 aromatic heterocycles. The van der Waals surface area contributed by atoms with Gasteiger partial charge in [-0.2, -0.15) is 0 Å². The lowest BCUT2D eigenvalue weighted by atomic mass is 10.2. The van der Waals surface area contributed by atoms with Crippen LogP contribution in [0, 0.1) is 0 Å². The summed E-state index contributed by atoms with van der Waals surface area (Å²) in [5.41, 5.74) is 0. The minimum absolute atomic E-state index is 0.189. The Morgan fingerprint density at radius 2 is 2.31 bits per heavy atom. The molecule has 0 aliphatic carbocycles. The van der Waals surface area contributed by atoms with Crippen LogP contribution in [0.5, 0.6) is 0 Å². The van der Waals surface area contributed by atoms with Crippen molar-refractivity contribution < 1.29 is 18.7 Å². The zero-order valence-corrected chi connectivity index (χ0v) is 7.46. The van der Waals surface area contributed by atoms with Crippen LogP contribution in [0.3, 0.4) is 0 Å². The molecule has 1 N–H and O–H groups in total. The van der Waals surface area contributed by atoms with E-state index in [9.17, 15) is 13.6 Å². The molecule has 13 heavy (non-hydrogen) atoms. The smallest absolute Gasteiger partial charge is 0.254 e. The maximum atomic E-state index is 12.4. The number of carbonyl (C=O) groups is 1. The molecular formula is C8H13F2NO2. The van der Waals surface area contributed by atoms with Gasteiger partial charge in [-0.15, -0.1) is 0 Å². The Balaban J connectivity index is 2.41. The third-order valence-corrected chi connectivity index (χ3v) is 1.98. The second-order valence-corrected chi connectivity index (χ2v) is 3.53. The fourth-order valence-electron chi connectivity index (χ4n) is 1.35. The topological polar surface area (TPSA) is 40.5 Å². The molecule has 0 spiro atoms. The number of hydrogen-bond acceptors (Lipinski definition) is 2. The van der Waals surface area contributed by atoms with Gasteiger partial charge in [0.2, 0.25) is 5.91 Å². The minimum atomic E-state index is -2.95. The highest BCUT2D eigenvalue weighted by molar-refractivity contribution is 5.77. The zero-order chi connectivity index (χ0) is 10.1. The number of carbonyl (C=O) groups excluding carboxylic acids is 1. The quantitative estimate of drug-likeness (QED) is 0.698. The molecule has 1 atom stereocenters. The highest BCUT2D eigenvalue weighted by Crippen LogP contribution is 2.20. The number of hydrogen-bond donors (Lipinski definition) is 1. The van der Waals surface area contributed by atoms with Gasteiger partial charge < -0.3 is 10.0 Å². The van der Waals surface area contributed by atoms with Crippen LogP contribution in [0.2, 0.25) is 0 Å². The molecule has 0 aromatic rings. The van der Waals surface area contributed by atoms with Gasteiger partial charge >= 0.3 is 0 Å². The van der Waals surface area contributed by atoms with Gasteiger partial charge in [-0.1, -0.05) is 0 Å². The second-order valence-electron chi connectivity index (χ2n) is 3.53. The molecule has 5 heteroatoms. The number of aliphatic hydroxyl groups excluding tert-OH is 1. The van der Waals surface area contributed by atoms with Gasteiger partial charge in [0.1, 0.15) is 0 Å². The van der Waals surface area contributed by atoms with Gasteiger partial charge in [0, 0.05) is 13.1 Å². The van der Waals surface area contributed by atoms with E-state index in [1.54, 1.807) is 0 Å². The summed E-state index contributed by atoms with van der Waals surface area (Å²) in [6, 6.07) is 0. The maximum Gasteiger partial charge on any atom is 0.254 e. The van der Waals surface area contributed by atoms with Crippen molar-refractivity contribution in [3.8, 4) is 0 Å². The molecule has 76 valence electrons. The van der Waals surface area contributed by atoms with Gasteiger partial charge in [0.05, 0.1) is 12.5 Å². The van der Waals surface area contributed by atoms with Crippen molar-refractivity contribution in [3.05, 3.63) is 0 Å². The lowest BCUT2D eigenvalue weighted by Gasteiger charge is -2.17. The molecule has 1 saturated heterocycles. The summed E-state index contributed by atoms with van der Waals surface area (Å²) in [6.45, 7) is 1.29. The molecule has 3 nitrogen and oxygen atoms in total. The van der Waals surface area contributed by atoms with E-state index in [0.29, 0.717) is 13.0 Å². The largest absolute Gasteiger partial charge is 0.391 e. The van der Waals surface area contributed by atoms with E-state index in [1.807, 2.05) is 0 Å². The van der Waals surface area contributed by atoms with Crippen LogP contribution < -0.4 is 0 Å². The molecule has 0 bridgehead atoms. The lowest BCUT2D eigenvalue weighted by molar-refractivity contribution is -0.137. The number of amides is 1. The Morgan fingerprint density at radius 3 is 2.69 bits per heavy atom. The van der Waals surface area contributed by atoms with Gasteiger partial charge in [0.15, 0.2) is 0 Å². The Labute approximate surface area is 75.3 Å². The van der Waals surface area contributed by atoms with Crippen LogP contribution in [0.15, 0.2) is 0 Å². The predicted octanol–water partition coefficient (Wildman–Crippen LogP) is 0.625. The van der Waals surface area contributed by atoms with Crippen LogP contribution >= 0.6 is 0 Å². The summed E-state index contributed by atoms with van der Waals surface area (Å²) < 4.78 is 24.8. The van der Waals surface area contributed by atoms with Gasteiger partial charge in [-0.25, -0.2) is 8.78 Å². The molecule has 1 fully saturated rings. The molecule has 0 saturated carbocycles. The molecule has 1 amide bonds. The SMILES string of the molecule is CC(F)(F)CC(=O)N1CCC(O)C1. The fourth-order valence-corrected chi connectivity index (χ4v) is 1.35. The van der Waals surface area contributed by atoms with Crippen molar-refractivity contribution in [3.63, 3.8) is 0 Å². The van der Waals surface area contributed by atoms with Gasteiger partial charge in [0.25, 0.3) is 5.92 Å². The highest BCUT2D eigenvalue weighted by atomic mass is 19.3. The van der Waals surface area contributed by atoms with Crippen molar-refractivity contribution in [2.45, 2.75) is 31.8 Å². The first kappa shape index (κ1) is 10.4. The first-order valence-corrected chi connectivity index (χ1v) is 4.22. The number of rotatable bonds is 2. The monoisotopic (exact) mass is 193 g/mol. The summed E-state index contributed by atoms with van der Waals surface area (Å²) in [4.78, 5) is 12.4. The Bertz CT molecular complexity index is 203. The fraction of sp³-hybridized carbons (Fsp3) is 0.875. The molecule has 0 radical (unpaired) electrons. The normalized spacial score (nSPS) is 23.7.